The Labute approximate surface area is 137 Å². The first-order valence-corrected chi connectivity index (χ1v) is 7.58. The maximum atomic E-state index is 10.9. The van der Waals surface area contributed by atoms with Crippen molar-refractivity contribution in [1.29, 1.82) is 0 Å². The fourth-order valence-electron chi connectivity index (χ4n) is 1.95. The van der Waals surface area contributed by atoms with Gasteiger partial charge in [-0.2, -0.15) is 0 Å². The summed E-state index contributed by atoms with van der Waals surface area (Å²) in [4.78, 5) is 0.777. The summed E-state index contributed by atoms with van der Waals surface area (Å²) in [7, 11) is -4.36. The maximum Gasteiger partial charge on any atom is 1.00 e. The van der Waals surface area contributed by atoms with E-state index in [1.54, 1.807) is 6.07 Å². The molecule has 0 amide bonds. The van der Waals surface area contributed by atoms with Crippen molar-refractivity contribution in [3.8, 4) is 16.2 Å². The molecule has 1 aliphatic rings. The molecule has 0 saturated carbocycles. The molecular formula is C12H9NaO4S2. The van der Waals surface area contributed by atoms with Crippen molar-refractivity contribution >= 4 is 21.5 Å². The van der Waals surface area contributed by atoms with Gasteiger partial charge in [-0.15, -0.1) is 11.3 Å². The third-order valence-electron chi connectivity index (χ3n) is 2.80. The molecule has 1 aliphatic heterocycles. The molecular weight excluding hydrogens is 295 g/mol. The fraction of sp³-hybridized carbons (Fsp3) is 0.167. The SMILES string of the molecule is O=S(=O)([O-])c1ccc(-c2ccc3c(c2)CCO3)s1.[Na+]. The van der Waals surface area contributed by atoms with E-state index in [1.165, 1.54) is 6.07 Å². The van der Waals surface area contributed by atoms with Crippen LogP contribution in [0.2, 0.25) is 0 Å². The largest absolute Gasteiger partial charge is 1.00 e. The van der Waals surface area contributed by atoms with Crippen LogP contribution in [0.3, 0.4) is 0 Å². The Bertz CT molecular complexity index is 706. The second kappa shape index (κ2) is 5.55. The van der Waals surface area contributed by atoms with Crippen LogP contribution >= 0.6 is 11.3 Å². The minimum absolute atomic E-state index is 0. The first-order chi connectivity index (χ1) is 8.54. The number of fused-ring (bicyclic) bond motifs is 1. The minimum Gasteiger partial charge on any atom is -0.743 e. The Morgan fingerprint density at radius 1 is 1.21 bits per heavy atom. The zero-order valence-corrected chi connectivity index (χ0v) is 13.9. The third-order valence-corrected chi connectivity index (χ3v) is 5.22. The summed E-state index contributed by atoms with van der Waals surface area (Å²) < 4.78 is 38.0. The van der Waals surface area contributed by atoms with Crippen LogP contribution in [0.5, 0.6) is 5.75 Å². The van der Waals surface area contributed by atoms with Gasteiger partial charge in [0.25, 0.3) is 0 Å². The number of thiophene rings is 1. The van der Waals surface area contributed by atoms with Crippen LogP contribution in [-0.4, -0.2) is 19.6 Å². The van der Waals surface area contributed by atoms with E-state index >= 15 is 0 Å². The average molecular weight is 304 g/mol. The molecule has 0 spiro atoms. The van der Waals surface area contributed by atoms with Gasteiger partial charge in [0.15, 0.2) is 0 Å². The maximum absolute atomic E-state index is 10.9. The zero-order valence-electron chi connectivity index (χ0n) is 10.3. The normalized spacial score (nSPS) is 13.5. The molecule has 0 N–H and O–H groups in total. The van der Waals surface area contributed by atoms with Crippen molar-refractivity contribution in [2.45, 2.75) is 10.6 Å². The summed E-state index contributed by atoms with van der Waals surface area (Å²) in [5.74, 6) is 0.881. The summed E-state index contributed by atoms with van der Waals surface area (Å²) in [6.07, 6.45) is 0.862. The van der Waals surface area contributed by atoms with Crippen molar-refractivity contribution in [3.63, 3.8) is 0 Å². The van der Waals surface area contributed by atoms with E-state index in [-0.39, 0.29) is 33.8 Å². The Morgan fingerprint density at radius 3 is 2.68 bits per heavy atom. The first-order valence-electron chi connectivity index (χ1n) is 5.36. The molecule has 0 unspecified atom stereocenters. The quantitative estimate of drug-likeness (QED) is 0.541. The molecule has 0 fully saturated rings. The molecule has 0 bridgehead atoms. The number of benzene rings is 1. The number of hydrogen-bond donors (Lipinski definition) is 0. The summed E-state index contributed by atoms with van der Waals surface area (Å²) >= 11 is 0.997. The molecule has 19 heavy (non-hydrogen) atoms. The van der Waals surface area contributed by atoms with E-state index in [0.29, 0.717) is 6.61 Å². The van der Waals surface area contributed by atoms with Gasteiger partial charge in [0.2, 0.25) is 0 Å². The Morgan fingerprint density at radius 2 is 2.00 bits per heavy atom. The molecule has 94 valence electrons. The van der Waals surface area contributed by atoms with Crippen LogP contribution in [0, 0.1) is 0 Å². The molecule has 0 atom stereocenters. The molecule has 1 aromatic carbocycles. The van der Waals surface area contributed by atoms with Crippen LogP contribution in [0.4, 0.5) is 0 Å². The minimum atomic E-state index is -4.36. The van der Waals surface area contributed by atoms with Gasteiger partial charge in [0, 0.05) is 11.3 Å². The van der Waals surface area contributed by atoms with Crippen molar-refractivity contribution in [1.82, 2.24) is 0 Å². The summed E-state index contributed by atoms with van der Waals surface area (Å²) in [6.45, 7) is 0.684. The van der Waals surface area contributed by atoms with Crippen LogP contribution in [-0.2, 0) is 16.5 Å². The smallest absolute Gasteiger partial charge is 0.743 e. The van der Waals surface area contributed by atoms with Crippen molar-refractivity contribution in [2.24, 2.45) is 0 Å². The molecule has 0 aliphatic carbocycles. The Hall–Kier alpha value is -0.370. The number of hydrogen-bond acceptors (Lipinski definition) is 5. The van der Waals surface area contributed by atoms with Gasteiger partial charge in [-0.05, 0) is 41.5 Å². The molecule has 2 aromatic rings. The van der Waals surface area contributed by atoms with Crippen LogP contribution in [0.1, 0.15) is 5.56 Å². The van der Waals surface area contributed by atoms with Crippen molar-refractivity contribution in [2.75, 3.05) is 6.61 Å². The molecule has 0 radical (unpaired) electrons. The standard InChI is InChI=1S/C12H10O4S2.Na/c13-18(14,15)12-4-3-11(17-12)9-1-2-10-8(7-9)5-6-16-10;/h1-4,7H,5-6H2,(H,13,14,15);/q;+1/p-1. The third kappa shape index (κ3) is 3.04. The predicted molar refractivity (Wildman–Crippen MR) is 66.9 cm³/mol. The summed E-state index contributed by atoms with van der Waals surface area (Å²) in [5, 5.41) is 0. The predicted octanol–water partition coefficient (Wildman–Crippen LogP) is -0.742. The van der Waals surface area contributed by atoms with Crippen molar-refractivity contribution < 1.29 is 47.3 Å². The molecule has 7 heteroatoms. The van der Waals surface area contributed by atoms with Gasteiger partial charge in [0.05, 0.1) is 6.61 Å². The average Bonchev–Trinajstić information content (AvgIpc) is 2.96. The second-order valence-corrected chi connectivity index (χ2v) is 6.68. The van der Waals surface area contributed by atoms with Gasteiger partial charge in [-0.3, -0.25) is 0 Å². The topological polar surface area (TPSA) is 66.4 Å². The van der Waals surface area contributed by atoms with E-state index in [1.807, 2.05) is 18.2 Å². The van der Waals surface area contributed by atoms with Crippen LogP contribution < -0.4 is 34.3 Å². The van der Waals surface area contributed by atoms with Gasteiger partial charge in [0.1, 0.15) is 20.1 Å². The summed E-state index contributed by atoms with van der Waals surface area (Å²) in [6, 6.07) is 8.74. The van der Waals surface area contributed by atoms with Crippen LogP contribution in [0.25, 0.3) is 10.4 Å². The van der Waals surface area contributed by atoms with Gasteiger partial charge < -0.3 is 9.29 Å². The Balaban J connectivity index is 0.00000133. The van der Waals surface area contributed by atoms with Gasteiger partial charge in [-0.25, -0.2) is 8.42 Å². The Kier molecular flexibility index (Phi) is 4.39. The first kappa shape index (κ1) is 15.0. The number of rotatable bonds is 2. The van der Waals surface area contributed by atoms with E-state index in [9.17, 15) is 13.0 Å². The molecule has 3 rings (SSSR count). The monoisotopic (exact) mass is 304 g/mol. The van der Waals surface area contributed by atoms with Gasteiger partial charge >= 0.3 is 29.6 Å². The number of ether oxygens (including phenoxy) is 1. The van der Waals surface area contributed by atoms with Gasteiger partial charge in [-0.1, -0.05) is 0 Å². The van der Waals surface area contributed by atoms with E-state index in [2.05, 4.69) is 0 Å². The van der Waals surface area contributed by atoms with E-state index in [4.69, 9.17) is 4.74 Å². The molecule has 2 heterocycles. The van der Waals surface area contributed by atoms with Crippen LogP contribution in [0.15, 0.2) is 34.5 Å². The molecule has 0 saturated heterocycles. The van der Waals surface area contributed by atoms with E-state index in [0.717, 1.165) is 39.5 Å². The fourth-order valence-corrected chi connectivity index (χ4v) is 3.60. The van der Waals surface area contributed by atoms with E-state index < -0.39 is 10.1 Å². The van der Waals surface area contributed by atoms with Crippen molar-refractivity contribution in [3.05, 3.63) is 35.9 Å². The zero-order chi connectivity index (χ0) is 12.8. The molecule has 1 aromatic heterocycles. The summed E-state index contributed by atoms with van der Waals surface area (Å²) in [5.41, 5.74) is 2.03. The second-order valence-electron chi connectivity index (χ2n) is 3.99. The molecule has 4 nitrogen and oxygen atoms in total.